The molecule has 0 aromatic heterocycles. The van der Waals surface area contributed by atoms with Crippen molar-refractivity contribution in [2.75, 3.05) is 33.3 Å². The normalized spacial score (nSPS) is 12.0. The van der Waals surface area contributed by atoms with Gasteiger partial charge in [-0.05, 0) is 54.3 Å². The molecule has 15 heavy (non-hydrogen) atoms. The van der Waals surface area contributed by atoms with Gasteiger partial charge in [-0.25, -0.2) is 0 Å². The van der Waals surface area contributed by atoms with Crippen LogP contribution in [0.2, 0.25) is 0 Å². The number of nitrogens with one attached hydrogen (secondary N) is 1. The van der Waals surface area contributed by atoms with E-state index >= 15 is 0 Å². The number of nitrogens with zero attached hydrogens (tertiary/aromatic N) is 1. The molecule has 0 atom stereocenters. The molecular weight excluding hydrogens is 188 g/mol. The first-order valence-electron chi connectivity index (χ1n) is 6.06. The van der Waals surface area contributed by atoms with Crippen LogP contribution in [0.5, 0.6) is 0 Å². The standard InChI is InChI=1S/C12H28N2O/c1-11(2)14(5)9-6-7-13-8-10-15-12(3)4/h11-13H,6-10H2,1-5H3. The average molecular weight is 216 g/mol. The third kappa shape index (κ3) is 10.2. The summed E-state index contributed by atoms with van der Waals surface area (Å²) < 4.78 is 5.43. The summed E-state index contributed by atoms with van der Waals surface area (Å²) >= 11 is 0. The molecule has 0 aliphatic carbocycles. The van der Waals surface area contributed by atoms with Crippen molar-refractivity contribution in [2.45, 2.75) is 46.3 Å². The Kier molecular flexibility index (Phi) is 9.06. The van der Waals surface area contributed by atoms with Crippen LogP contribution in [-0.4, -0.2) is 50.3 Å². The van der Waals surface area contributed by atoms with E-state index in [4.69, 9.17) is 4.74 Å². The lowest BCUT2D eigenvalue weighted by molar-refractivity contribution is 0.0807. The van der Waals surface area contributed by atoms with Gasteiger partial charge in [-0.1, -0.05) is 0 Å². The molecule has 3 heteroatoms. The predicted octanol–water partition coefficient (Wildman–Crippen LogP) is 1.73. The SMILES string of the molecule is CC(C)OCCNCCCN(C)C(C)C. The molecule has 0 aromatic carbocycles. The lowest BCUT2D eigenvalue weighted by atomic mass is 10.3. The molecule has 92 valence electrons. The maximum Gasteiger partial charge on any atom is 0.0594 e. The van der Waals surface area contributed by atoms with E-state index in [0.29, 0.717) is 12.1 Å². The van der Waals surface area contributed by atoms with Gasteiger partial charge in [-0.15, -0.1) is 0 Å². The molecule has 0 spiro atoms. The predicted molar refractivity (Wildman–Crippen MR) is 66.3 cm³/mol. The monoisotopic (exact) mass is 216 g/mol. The van der Waals surface area contributed by atoms with Crippen LogP contribution in [-0.2, 0) is 4.74 Å². The first kappa shape index (κ1) is 14.9. The molecule has 0 radical (unpaired) electrons. The molecule has 0 saturated heterocycles. The number of hydrogen-bond donors (Lipinski definition) is 1. The van der Waals surface area contributed by atoms with Gasteiger partial charge in [0.2, 0.25) is 0 Å². The van der Waals surface area contributed by atoms with Crippen molar-refractivity contribution in [3.63, 3.8) is 0 Å². The quantitative estimate of drug-likeness (QED) is 0.594. The Morgan fingerprint density at radius 1 is 1.13 bits per heavy atom. The molecule has 0 aliphatic rings. The van der Waals surface area contributed by atoms with Crippen molar-refractivity contribution in [1.82, 2.24) is 10.2 Å². The highest BCUT2D eigenvalue weighted by molar-refractivity contribution is 4.58. The van der Waals surface area contributed by atoms with Gasteiger partial charge in [0, 0.05) is 12.6 Å². The topological polar surface area (TPSA) is 24.5 Å². The Bertz CT molecular complexity index is 138. The van der Waals surface area contributed by atoms with Crippen molar-refractivity contribution in [3.8, 4) is 0 Å². The Balaban J connectivity index is 3.11. The molecule has 3 nitrogen and oxygen atoms in total. The van der Waals surface area contributed by atoms with E-state index in [9.17, 15) is 0 Å². The van der Waals surface area contributed by atoms with Crippen LogP contribution < -0.4 is 5.32 Å². The molecule has 1 N–H and O–H groups in total. The van der Waals surface area contributed by atoms with E-state index in [1.54, 1.807) is 0 Å². The van der Waals surface area contributed by atoms with Gasteiger partial charge in [0.1, 0.15) is 0 Å². The Morgan fingerprint density at radius 3 is 2.33 bits per heavy atom. The highest BCUT2D eigenvalue weighted by Crippen LogP contribution is 1.94. The van der Waals surface area contributed by atoms with Crippen molar-refractivity contribution >= 4 is 0 Å². The fourth-order valence-electron chi connectivity index (χ4n) is 1.20. The molecule has 0 rings (SSSR count). The molecule has 0 fully saturated rings. The van der Waals surface area contributed by atoms with Crippen LogP contribution in [0.3, 0.4) is 0 Å². The molecule has 0 amide bonds. The summed E-state index contributed by atoms with van der Waals surface area (Å²) in [6.45, 7) is 12.6. The fraction of sp³-hybridized carbons (Fsp3) is 1.00. The van der Waals surface area contributed by atoms with Crippen molar-refractivity contribution in [1.29, 1.82) is 0 Å². The van der Waals surface area contributed by atoms with E-state index in [0.717, 1.165) is 26.2 Å². The summed E-state index contributed by atoms with van der Waals surface area (Å²) in [7, 11) is 2.17. The van der Waals surface area contributed by atoms with Crippen molar-refractivity contribution < 1.29 is 4.74 Å². The van der Waals surface area contributed by atoms with Gasteiger partial charge in [-0.2, -0.15) is 0 Å². The second kappa shape index (κ2) is 9.13. The number of rotatable bonds is 9. The summed E-state index contributed by atoms with van der Waals surface area (Å²) in [5.74, 6) is 0. The Hall–Kier alpha value is -0.120. The number of ether oxygens (including phenoxy) is 1. The van der Waals surface area contributed by atoms with Gasteiger partial charge in [0.05, 0.1) is 12.7 Å². The van der Waals surface area contributed by atoms with Crippen LogP contribution in [0.15, 0.2) is 0 Å². The summed E-state index contributed by atoms with van der Waals surface area (Å²) in [4.78, 5) is 2.37. The highest BCUT2D eigenvalue weighted by Gasteiger charge is 2.01. The van der Waals surface area contributed by atoms with Crippen molar-refractivity contribution in [2.24, 2.45) is 0 Å². The van der Waals surface area contributed by atoms with E-state index in [-0.39, 0.29) is 0 Å². The Morgan fingerprint density at radius 2 is 1.80 bits per heavy atom. The van der Waals surface area contributed by atoms with E-state index in [2.05, 4.69) is 45.0 Å². The van der Waals surface area contributed by atoms with Crippen molar-refractivity contribution in [3.05, 3.63) is 0 Å². The molecular formula is C12H28N2O. The maximum absolute atomic E-state index is 5.43. The molecule has 0 heterocycles. The average Bonchev–Trinajstić information content (AvgIpc) is 2.15. The largest absolute Gasteiger partial charge is 0.377 e. The zero-order chi connectivity index (χ0) is 11.7. The summed E-state index contributed by atoms with van der Waals surface area (Å²) in [5, 5.41) is 3.38. The van der Waals surface area contributed by atoms with Crippen LogP contribution >= 0.6 is 0 Å². The first-order chi connectivity index (χ1) is 7.04. The van der Waals surface area contributed by atoms with Gasteiger partial charge in [0.15, 0.2) is 0 Å². The zero-order valence-electron chi connectivity index (χ0n) is 11.0. The third-order valence-corrected chi connectivity index (χ3v) is 2.48. The Labute approximate surface area is 95.2 Å². The lowest BCUT2D eigenvalue weighted by Gasteiger charge is -2.20. The summed E-state index contributed by atoms with van der Waals surface area (Å²) in [6, 6.07) is 0.647. The molecule has 0 unspecified atom stereocenters. The van der Waals surface area contributed by atoms with Crippen LogP contribution in [0.1, 0.15) is 34.1 Å². The first-order valence-corrected chi connectivity index (χ1v) is 6.06. The fourth-order valence-corrected chi connectivity index (χ4v) is 1.20. The zero-order valence-corrected chi connectivity index (χ0v) is 11.0. The molecule has 0 bridgehead atoms. The van der Waals surface area contributed by atoms with Crippen LogP contribution in [0.25, 0.3) is 0 Å². The molecule has 0 aromatic rings. The second-order valence-electron chi connectivity index (χ2n) is 4.60. The van der Waals surface area contributed by atoms with Gasteiger partial charge < -0.3 is 15.0 Å². The van der Waals surface area contributed by atoms with Gasteiger partial charge in [0.25, 0.3) is 0 Å². The van der Waals surface area contributed by atoms with E-state index in [1.165, 1.54) is 6.42 Å². The minimum atomic E-state index is 0.346. The summed E-state index contributed by atoms with van der Waals surface area (Å²) in [6.07, 6.45) is 1.55. The lowest BCUT2D eigenvalue weighted by Crippen LogP contribution is -2.30. The van der Waals surface area contributed by atoms with E-state index < -0.39 is 0 Å². The van der Waals surface area contributed by atoms with Crippen LogP contribution in [0, 0.1) is 0 Å². The molecule has 0 saturated carbocycles. The third-order valence-electron chi connectivity index (χ3n) is 2.48. The van der Waals surface area contributed by atoms with E-state index in [1.807, 2.05) is 0 Å². The minimum Gasteiger partial charge on any atom is -0.377 e. The smallest absolute Gasteiger partial charge is 0.0594 e. The van der Waals surface area contributed by atoms with Crippen LogP contribution in [0.4, 0.5) is 0 Å². The highest BCUT2D eigenvalue weighted by atomic mass is 16.5. The van der Waals surface area contributed by atoms with Gasteiger partial charge >= 0.3 is 0 Å². The second-order valence-corrected chi connectivity index (χ2v) is 4.60. The minimum absolute atomic E-state index is 0.346. The number of hydrogen-bond acceptors (Lipinski definition) is 3. The summed E-state index contributed by atoms with van der Waals surface area (Å²) in [5.41, 5.74) is 0. The molecule has 0 aliphatic heterocycles. The maximum atomic E-state index is 5.43. The van der Waals surface area contributed by atoms with Gasteiger partial charge in [-0.3, -0.25) is 0 Å².